The van der Waals surface area contributed by atoms with Gasteiger partial charge in [0.2, 0.25) is 0 Å². The minimum atomic E-state index is -1.00. The van der Waals surface area contributed by atoms with Gasteiger partial charge in [-0.25, -0.2) is 4.79 Å². The van der Waals surface area contributed by atoms with E-state index >= 15 is 0 Å². The van der Waals surface area contributed by atoms with Gasteiger partial charge in [0.15, 0.2) is 0 Å². The fourth-order valence-electron chi connectivity index (χ4n) is 1.69. The summed E-state index contributed by atoms with van der Waals surface area (Å²) in [6.45, 7) is 5.59. The predicted octanol–water partition coefficient (Wildman–Crippen LogP) is 2.99. The molecule has 1 aromatic carbocycles. The zero-order valence-corrected chi connectivity index (χ0v) is 12.8. The Bertz CT molecular complexity index is 488. The standard InChI is InChI=1S/C14H18BrNO3/c1-4-8(2)12(14(18)19)16-13(17)10-5-6-11(15)9(3)7-10/h5-8,12H,4H2,1-3H3,(H,16,17)(H,18,19)/t8?,12-/m0/s1. The second-order valence-electron chi connectivity index (χ2n) is 4.64. The average molecular weight is 328 g/mol. The number of hydrogen-bond donors (Lipinski definition) is 2. The van der Waals surface area contributed by atoms with Crippen molar-refractivity contribution < 1.29 is 14.7 Å². The van der Waals surface area contributed by atoms with Gasteiger partial charge in [-0.2, -0.15) is 0 Å². The van der Waals surface area contributed by atoms with E-state index in [-0.39, 0.29) is 11.8 Å². The number of nitrogens with one attached hydrogen (secondary N) is 1. The Morgan fingerprint density at radius 1 is 1.42 bits per heavy atom. The lowest BCUT2D eigenvalue weighted by Gasteiger charge is -2.20. The smallest absolute Gasteiger partial charge is 0.326 e. The van der Waals surface area contributed by atoms with Gasteiger partial charge in [-0.15, -0.1) is 0 Å². The maximum atomic E-state index is 12.1. The highest BCUT2D eigenvalue weighted by Gasteiger charge is 2.25. The van der Waals surface area contributed by atoms with Crippen LogP contribution in [0.15, 0.2) is 22.7 Å². The molecule has 0 saturated heterocycles. The zero-order chi connectivity index (χ0) is 14.6. The Balaban J connectivity index is 2.87. The van der Waals surface area contributed by atoms with Gasteiger partial charge < -0.3 is 10.4 Å². The number of halogens is 1. The van der Waals surface area contributed by atoms with Crippen LogP contribution in [-0.4, -0.2) is 23.0 Å². The Morgan fingerprint density at radius 2 is 2.05 bits per heavy atom. The Morgan fingerprint density at radius 3 is 2.53 bits per heavy atom. The average Bonchev–Trinajstić information content (AvgIpc) is 2.37. The number of aliphatic carboxylic acids is 1. The van der Waals surface area contributed by atoms with Gasteiger partial charge >= 0.3 is 5.97 Å². The molecule has 5 heteroatoms. The van der Waals surface area contributed by atoms with Crippen molar-refractivity contribution in [3.8, 4) is 0 Å². The Hall–Kier alpha value is -1.36. The fraction of sp³-hybridized carbons (Fsp3) is 0.429. The second kappa shape index (κ2) is 6.70. The molecule has 0 aliphatic carbocycles. The molecule has 0 radical (unpaired) electrons. The van der Waals surface area contributed by atoms with Crippen molar-refractivity contribution in [2.75, 3.05) is 0 Å². The minimum absolute atomic E-state index is 0.113. The molecule has 0 aliphatic heterocycles. The molecule has 0 aromatic heterocycles. The maximum Gasteiger partial charge on any atom is 0.326 e. The molecule has 0 aliphatic rings. The largest absolute Gasteiger partial charge is 0.480 e. The summed E-state index contributed by atoms with van der Waals surface area (Å²) in [5.74, 6) is -1.47. The van der Waals surface area contributed by atoms with Crippen LogP contribution in [0.4, 0.5) is 0 Å². The van der Waals surface area contributed by atoms with Crippen LogP contribution in [0.2, 0.25) is 0 Å². The molecule has 0 spiro atoms. The molecule has 19 heavy (non-hydrogen) atoms. The Labute approximate surface area is 121 Å². The van der Waals surface area contributed by atoms with Crippen molar-refractivity contribution in [2.24, 2.45) is 5.92 Å². The molecular formula is C14H18BrNO3. The highest BCUT2D eigenvalue weighted by Crippen LogP contribution is 2.17. The third-order valence-electron chi connectivity index (χ3n) is 3.19. The van der Waals surface area contributed by atoms with Crippen molar-refractivity contribution in [2.45, 2.75) is 33.2 Å². The van der Waals surface area contributed by atoms with Gasteiger partial charge in [-0.3, -0.25) is 4.79 Å². The normalized spacial score (nSPS) is 13.7. The first kappa shape index (κ1) is 15.7. The van der Waals surface area contributed by atoms with Crippen LogP contribution in [0.5, 0.6) is 0 Å². The summed E-state index contributed by atoms with van der Waals surface area (Å²) in [6.07, 6.45) is 0.691. The highest BCUT2D eigenvalue weighted by molar-refractivity contribution is 9.10. The molecule has 4 nitrogen and oxygen atoms in total. The highest BCUT2D eigenvalue weighted by atomic mass is 79.9. The van der Waals surface area contributed by atoms with E-state index in [1.54, 1.807) is 18.2 Å². The summed E-state index contributed by atoms with van der Waals surface area (Å²) in [5, 5.41) is 11.7. The van der Waals surface area contributed by atoms with Crippen LogP contribution in [-0.2, 0) is 4.79 Å². The summed E-state index contributed by atoms with van der Waals surface area (Å²) in [7, 11) is 0. The number of benzene rings is 1. The van der Waals surface area contributed by atoms with Crippen LogP contribution in [0.3, 0.4) is 0 Å². The molecule has 1 rings (SSSR count). The SMILES string of the molecule is CCC(C)[C@H](NC(=O)c1ccc(Br)c(C)c1)C(=O)O. The van der Waals surface area contributed by atoms with Crippen molar-refractivity contribution in [1.29, 1.82) is 0 Å². The number of carboxylic acids is 1. The summed E-state index contributed by atoms with van der Waals surface area (Å²) in [4.78, 5) is 23.2. The first-order valence-electron chi connectivity index (χ1n) is 6.16. The number of rotatable bonds is 5. The number of carbonyl (C=O) groups is 2. The van der Waals surface area contributed by atoms with Crippen molar-refractivity contribution in [3.05, 3.63) is 33.8 Å². The summed E-state index contributed by atoms with van der Waals surface area (Å²) in [6, 6.07) is 4.32. The lowest BCUT2D eigenvalue weighted by molar-refractivity contribution is -0.140. The molecule has 0 saturated carbocycles. The number of carbonyl (C=O) groups excluding carboxylic acids is 1. The first-order valence-corrected chi connectivity index (χ1v) is 6.96. The molecule has 1 unspecified atom stereocenters. The third-order valence-corrected chi connectivity index (χ3v) is 4.08. The van der Waals surface area contributed by atoms with E-state index in [9.17, 15) is 9.59 Å². The summed E-state index contributed by atoms with van der Waals surface area (Å²) in [5.41, 5.74) is 1.40. The lowest BCUT2D eigenvalue weighted by atomic mass is 9.99. The molecule has 104 valence electrons. The van der Waals surface area contributed by atoms with E-state index in [1.807, 2.05) is 20.8 Å². The van der Waals surface area contributed by atoms with Crippen molar-refractivity contribution in [3.63, 3.8) is 0 Å². The zero-order valence-electron chi connectivity index (χ0n) is 11.2. The van der Waals surface area contributed by atoms with E-state index in [4.69, 9.17) is 5.11 Å². The van der Waals surface area contributed by atoms with Crippen LogP contribution in [0, 0.1) is 12.8 Å². The van der Waals surface area contributed by atoms with E-state index in [0.717, 1.165) is 10.0 Å². The second-order valence-corrected chi connectivity index (χ2v) is 5.49. The topological polar surface area (TPSA) is 66.4 Å². The molecule has 2 atom stereocenters. The summed E-state index contributed by atoms with van der Waals surface area (Å²) < 4.78 is 0.917. The third kappa shape index (κ3) is 4.06. The quantitative estimate of drug-likeness (QED) is 0.873. The number of carboxylic acid groups (broad SMARTS) is 1. The maximum absolute atomic E-state index is 12.1. The molecule has 0 bridgehead atoms. The lowest BCUT2D eigenvalue weighted by Crippen LogP contribution is -2.45. The van der Waals surface area contributed by atoms with Crippen LogP contribution in [0.1, 0.15) is 36.2 Å². The van der Waals surface area contributed by atoms with Gasteiger partial charge in [0, 0.05) is 10.0 Å². The number of hydrogen-bond acceptors (Lipinski definition) is 2. The summed E-state index contributed by atoms with van der Waals surface area (Å²) >= 11 is 3.36. The predicted molar refractivity (Wildman–Crippen MR) is 77.2 cm³/mol. The number of amides is 1. The van der Waals surface area contributed by atoms with E-state index in [2.05, 4.69) is 21.2 Å². The van der Waals surface area contributed by atoms with E-state index < -0.39 is 12.0 Å². The first-order chi connectivity index (χ1) is 8.86. The van der Waals surface area contributed by atoms with Crippen molar-refractivity contribution in [1.82, 2.24) is 5.32 Å². The monoisotopic (exact) mass is 327 g/mol. The minimum Gasteiger partial charge on any atom is -0.480 e. The number of aryl methyl sites for hydroxylation is 1. The van der Waals surface area contributed by atoms with Gasteiger partial charge in [0.05, 0.1) is 0 Å². The molecule has 0 heterocycles. The molecule has 2 N–H and O–H groups in total. The molecule has 1 aromatic rings. The van der Waals surface area contributed by atoms with Crippen LogP contribution in [0.25, 0.3) is 0 Å². The molecule has 1 amide bonds. The van der Waals surface area contributed by atoms with Crippen LogP contribution >= 0.6 is 15.9 Å². The van der Waals surface area contributed by atoms with Gasteiger partial charge in [-0.05, 0) is 36.6 Å². The van der Waals surface area contributed by atoms with Gasteiger partial charge in [-0.1, -0.05) is 36.2 Å². The van der Waals surface area contributed by atoms with E-state index in [1.165, 1.54) is 0 Å². The van der Waals surface area contributed by atoms with Crippen molar-refractivity contribution >= 4 is 27.8 Å². The molecule has 0 fully saturated rings. The van der Waals surface area contributed by atoms with E-state index in [0.29, 0.717) is 12.0 Å². The fourth-order valence-corrected chi connectivity index (χ4v) is 1.94. The van der Waals surface area contributed by atoms with Gasteiger partial charge in [0.25, 0.3) is 5.91 Å². The van der Waals surface area contributed by atoms with Gasteiger partial charge in [0.1, 0.15) is 6.04 Å². The van der Waals surface area contributed by atoms with Crippen LogP contribution < -0.4 is 5.32 Å². The molecular weight excluding hydrogens is 310 g/mol. The Kier molecular flexibility index (Phi) is 5.54.